The molecule has 0 saturated heterocycles. The smallest absolute Gasteiger partial charge is 0.320 e. The number of carbonyl (C=O) groups excluding carboxylic acids is 1. The van der Waals surface area contributed by atoms with Crippen molar-refractivity contribution in [2.75, 3.05) is 5.32 Å². The molecule has 0 aliphatic heterocycles. The summed E-state index contributed by atoms with van der Waals surface area (Å²) in [6, 6.07) is 4.21. The highest BCUT2D eigenvalue weighted by molar-refractivity contribution is 5.97. The van der Waals surface area contributed by atoms with E-state index in [-0.39, 0.29) is 11.5 Å². The zero-order chi connectivity index (χ0) is 16.5. The first-order chi connectivity index (χ1) is 10.2. The van der Waals surface area contributed by atoms with Gasteiger partial charge in [0.1, 0.15) is 0 Å². The van der Waals surface area contributed by atoms with Crippen molar-refractivity contribution in [1.29, 1.82) is 0 Å². The molecular weight excluding hydrogens is 308 g/mol. The number of anilines is 1. The van der Waals surface area contributed by atoms with Gasteiger partial charge in [0.15, 0.2) is 5.82 Å². The molecular formula is C12H10F4N4O2. The second-order valence-electron chi connectivity index (χ2n) is 4.43. The molecule has 6 nitrogen and oxygen atoms in total. The molecule has 3 N–H and O–H groups in total. The molecule has 22 heavy (non-hydrogen) atoms. The van der Waals surface area contributed by atoms with Crippen LogP contribution in [0.2, 0.25) is 0 Å². The summed E-state index contributed by atoms with van der Waals surface area (Å²) < 4.78 is 50.2. The number of hydrogen-bond acceptors (Lipinski definition) is 3. The summed E-state index contributed by atoms with van der Waals surface area (Å²) >= 11 is 0. The number of aromatic nitrogens is 3. The normalized spacial score (nSPS) is 11.7. The van der Waals surface area contributed by atoms with Crippen LogP contribution < -0.4 is 11.0 Å². The topological polar surface area (TPSA) is 90.6 Å². The Hall–Kier alpha value is -2.65. The molecule has 0 bridgehead atoms. The lowest BCUT2D eigenvalue weighted by Gasteiger charge is -2.16. The largest absolute Gasteiger partial charge is 0.383 e. The van der Waals surface area contributed by atoms with Crippen molar-refractivity contribution in [3.8, 4) is 11.4 Å². The molecule has 10 heteroatoms. The van der Waals surface area contributed by atoms with E-state index in [0.717, 1.165) is 0 Å². The minimum atomic E-state index is -4.80. The standard InChI is InChI=1S/C12H10F4N4O2/c1-5-2-3-6(8-18-11(22)20-19-8)4-7(5)17-10(21)12(15,16)9(13)14/h2-4,9H,1H3,(H,17,21)(H2,18,19,20,22). The lowest BCUT2D eigenvalue weighted by atomic mass is 10.1. The Labute approximate surface area is 120 Å². The van der Waals surface area contributed by atoms with E-state index in [9.17, 15) is 27.2 Å². The number of alkyl halides is 4. The van der Waals surface area contributed by atoms with Crippen LogP contribution in [-0.2, 0) is 4.79 Å². The Morgan fingerprint density at radius 1 is 1.36 bits per heavy atom. The lowest BCUT2D eigenvalue weighted by molar-refractivity contribution is -0.163. The number of aromatic amines is 2. The fourth-order valence-electron chi connectivity index (χ4n) is 1.62. The van der Waals surface area contributed by atoms with Crippen molar-refractivity contribution in [1.82, 2.24) is 15.2 Å². The maximum atomic E-state index is 13.0. The summed E-state index contributed by atoms with van der Waals surface area (Å²) in [6.07, 6.45) is -4.11. The molecule has 2 aromatic rings. The van der Waals surface area contributed by atoms with Crippen LogP contribution in [0.3, 0.4) is 0 Å². The highest BCUT2D eigenvalue weighted by atomic mass is 19.3. The molecule has 0 fully saturated rings. The number of H-pyrrole nitrogens is 2. The number of aryl methyl sites for hydroxylation is 1. The SMILES string of the molecule is Cc1ccc(-c2n[nH]c(=O)[nH]2)cc1NC(=O)C(F)(F)C(F)F. The van der Waals surface area contributed by atoms with Gasteiger partial charge in [0.25, 0.3) is 0 Å². The van der Waals surface area contributed by atoms with E-state index in [1.807, 2.05) is 0 Å². The van der Waals surface area contributed by atoms with Gasteiger partial charge in [-0.15, -0.1) is 0 Å². The summed E-state index contributed by atoms with van der Waals surface area (Å²) in [7, 11) is 0. The average molecular weight is 318 g/mol. The third-order valence-corrected chi connectivity index (χ3v) is 2.84. The number of rotatable bonds is 4. The van der Waals surface area contributed by atoms with Gasteiger partial charge >= 0.3 is 23.9 Å². The van der Waals surface area contributed by atoms with Crippen LogP contribution in [0.25, 0.3) is 11.4 Å². The van der Waals surface area contributed by atoms with Crippen LogP contribution in [0.4, 0.5) is 23.2 Å². The van der Waals surface area contributed by atoms with Gasteiger partial charge in [-0.3, -0.25) is 9.78 Å². The molecule has 2 rings (SSSR count). The summed E-state index contributed by atoms with van der Waals surface area (Å²) in [5, 5.41) is 7.50. The molecule has 0 spiro atoms. The van der Waals surface area contributed by atoms with E-state index in [1.54, 1.807) is 5.32 Å². The molecule has 118 valence electrons. The maximum absolute atomic E-state index is 13.0. The summed E-state index contributed by atoms with van der Waals surface area (Å²) in [5.41, 5.74) is 0.0109. The van der Waals surface area contributed by atoms with E-state index in [2.05, 4.69) is 15.2 Å². The van der Waals surface area contributed by atoms with E-state index in [0.29, 0.717) is 11.1 Å². The van der Waals surface area contributed by atoms with Crippen molar-refractivity contribution in [3.05, 3.63) is 34.2 Å². The lowest BCUT2D eigenvalue weighted by Crippen LogP contribution is -2.41. The zero-order valence-corrected chi connectivity index (χ0v) is 11.1. The molecule has 1 heterocycles. The number of nitrogens with zero attached hydrogens (tertiary/aromatic N) is 1. The minimum absolute atomic E-state index is 0.0910. The fraction of sp³-hybridized carbons (Fsp3) is 0.250. The number of carbonyl (C=O) groups is 1. The fourth-order valence-corrected chi connectivity index (χ4v) is 1.62. The van der Waals surface area contributed by atoms with Gasteiger partial charge in [0, 0.05) is 11.3 Å². The van der Waals surface area contributed by atoms with E-state index in [1.165, 1.54) is 25.1 Å². The molecule has 0 atom stereocenters. The van der Waals surface area contributed by atoms with Crippen molar-refractivity contribution in [2.45, 2.75) is 19.3 Å². The van der Waals surface area contributed by atoms with Crippen LogP contribution >= 0.6 is 0 Å². The van der Waals surface area contributed by atoms with Crippen molar-refractivity contribution < 1.29 is 22.4 Å². The first-order valence-electron chi connectivity index (χ1n) is 5.95. The van der Waals surface area contributed by atoms with Gasteiger partial charge in [0.05, 0.1) is 0 Å². The molecule has 1 aromatic heterocycles. The van der Waals surface area contributed by atoms with Crippen molar-refractivity contribution in [2.24, 2.45) is 0 Å². The summed E-state index contributed by atoms with van der Waals surface area (Å²) in [4.78, 5) is 24.6. The van der Waals surface area contributed by atoms with Crippen molar-refractivity contribution in [3.63, 3.8) is 0 Å². The van der Waals surface area contributed by atoms with Gasteiger partial charge < -0.3 is 5.32 Å². The Morgan fingerprint density at radius 2 is 2.05 bits per heavy atom. The van der Waals surface area contributed by atoms with Crippen LogP contribution in [-0.4, -0.2) is 33.4 Å². The summed E-state index contributed by atoms with van der Waals surface area (Å²) in [6.45, 7) is 1.49. The number of benzene rings is 1. The number of hydrogen-bond donors (Lipinski definition) is 3. The minimum Gasteiger partial charge on any atom is -0.320 e. The quantitative estimate of drug-likeness (QED) is 0.752. The first-order valence-corrected chi connectivity index (χ1v) is 5.95. The second kappa shape index (κ2) is 5.62. The monoisotopic (exact) mass is 318 g/mol. The average Bonchev–Trinajstić information content (AvgIpc) is 2.87. The number of amides is 1. The zero-order valence-electron chi connectivity index (χ0n) is 11.1. The highest BCUT2D eigenvalue weighted by Crippen LogP contribution is 2.27. The second-order valence-corrected chi connectivity index (χ2v) is 4.43. The molecule has 0 saturated carbocycles. The first kappa shape index (κ1) is 15.7. The van der Waals surface area contributed by atoms with Crippen LogP contribution in [0.15, 0.2) is 23.0 Å². The van der Waals surface area contributed by atoms with E-state index >= 15 is 0 Å². The third-order valence-electron chi connectivity index (χ3n) is 2.84. The van der Waals surface area contributed by atoms with Gasteiger partial charge in [-0.05, 0) is 18.6 Å². The molecule has 0 aliphatic rings. The van der Waals surface area contributed by atoms with Crippen molar-refractivity contribution >= 4 is 11.6 Å². The van der Waals surface area contributed by atoms with Crippen LogP contribution in [0.5, 0.6) is 0 Å². The van der Waals surface area contributed by atoms with E-state index in [4.69, 9.17) is 0 Å². The molecule has 1 amide bonds. The van der Waals surface area contributed by atoms with Crippen LogP contribution in [0, 0.1) is 6.92 Å². The predicted octanol–water partition coefficient (Wildman–Crippen LogP) is 1.91. The molecule has 0 radical (unpaired) electrons. The van der Waals surface area contributed by atoms with Crippen LogP contribution in [0.1, 0.15) is 5.56 Å². The number of nitrogens with one attached hydrogen (secondary N) is 3. The molecule has 0 aliphatic carbocycles. The van der Waals surface area contributed by atoms with E-state index < -0.39 is 23.9 Å². The molecule has 1 aromatic carbocycles. The van der Waals surface area contributed by atoms with Gasteiger partial charge in [0.2, 0.25) is 0 Å². The maximum Gasteiger partial charge on any atom is 0.383 e. The predicted molar refractivity (Wildman–Crippen MR) is 69.0 cm³/mol. The van der Waals surface area contributed by atoms with Gasteiger partial charge in [-0.25, -0.2) is 18.7 Å². The Bertz CT molecular complexity index is 754. The third kappa shape index (κ3) is 3.00. The highest BCUT2D eigenvalue weighted by Gasteiger charge is 2.49. The summed E-state index contributed by atoms with van der Waals surface area (Å²) in [5.74, 6) is -6.80. The molecule has 0 unspecified atom stereocenters. The Morgan fingerprint density at radius 3 is 2.59 bits per heavy atom. The Balaban J connectivity index is 2.32. The van der Waals surface area contributed by atoms with Gasteiger partial charge in [-0.2, -0.15) is 13.9 Å². The van der Waals surface area contributed by atoms with Gasteiger partial charge in [-0.1, -0.05) is 12.1 Å². The number of halogens is 4. The Kier molecular flexibility index (Phi) is 4.02.